The molecule has 0 aliphatic carbocycles. The molecule has 0 radical (unpaired) electrons. The molecule has 23 heavy (non-hydrogen) atoms. The third-order valence-corrected chi connectivity index (χ3v) is 3.70. The summed E-state index contributed by atoms with van der Waals surface area (Å²) >= 11 is 0. The van der Waals surface area contributed by atoms with Gasteiger partial charge in [0.2, 0.25) is 0 Å². The highest BCUT2D eigenvalue weighted by Gasteiger charge is 2.43. The van der Waals surface area contributed by atoms with Crippen molar-refractivity contribution in [3.05, 3.63) is 29.5 Å². The van der Waals surface area contributed by atoms with Gasteiger partial charge in [-0.2, -0.15) is 18.2 Å². The first kappa shape index (κ1) is 15.7. The number of nitrogens with zero attached hydrogens (tertiary/aromatic N) is 5. The molecule has 1 atom stereocenters. The van der Waals surface area contributed by atoms with Crippen LogP contribution in [0.3, 0.4) is 0 Å². The second-order valence-corrected chi connectivity index (χ2v) is 5.35. The normalized spacial score (nSPS) is 21.9. The third-order valence-electron chi connectivity index (χ3n) is 3.70. The average Bonchev–Trinajstić information content (AvgIpc) is 3.14. The molecule has 1 N–H and O–H groups in total. The molecule has 0 aromatic carbocycles. The average molecular weight is 329 g/mol. The minimum Gasteiger partial charge on any atom is -0.378 e. The molecule has 0 saturated carbocycles. The second kappa shape index (κ2) is 5.44. The van der Waals surface area contributed by atoms with Crippen LogP contribution >= 0.6 is 0 Å². The van der Waals surface area contributed by atoms with Gasteiger partial charge in [-0.05, 0) is 12.1 Å². The maximum Gasteiger partial charge on any atom is 0.435 e. The van der Waals surface area contributed by atoms with Gasteiger partial charge in [0.1, 0.15) is 0 Å². The highest BCUT2D eigenvalue weighted by atomic mass is 19.4. The van der Waals surface area contributed by atoms with Gasteiger partial charge in [0.15, 0.2) is 22.9 Å². The van der Waals surface area contributed by atoms with Crippen LogP contribution in [0, 0.1) is 0 Å². The van der Waals surface area contributed by atoms with Crippen molar-refractivity contribution in [3.63, 3.8) is 0 Å². The highest BCUT2D eigenvalue weighted by molar-refractivity contribution is 5.40. The molecule has 2 aromatic heterocycles. The summed E-state index contributed by atoms with van der Waals surface area (Å²) in [6, 6.07) is 2.09. The molecule has 1 fully saturated rings. The van der Waals surface area contributed by atoms with E-state index in [9.17, 15) is 18.3 Å². The van der Waals surface area contributed by atoms with Crippen molar-refractivity contribution in [2.24, 2.45) is 0 Å². The number of halogens is 3. The quantitative estimate of drug-likeness (QED) is 0.913. The van der Waals surface area contributed by atoms with E-state index in [1.807, 2.05) is 6.92 Å². The van der Waals surface area contributed by atoms with Crippen LogP contribution < -0.4 is 4.90 Å². The third kappa shape index (κ3) is 2.98. The Labute approximate surface area is 129 Å². The van der Waals surface area contributed by atoms with Crippen LogP contribution in [-0.2, 0) is 18.2 Å². The lowest BCUT2D eigenvalue weighted by Crippen LogP contribution is -2.31. The topological polar surface area (TPSA) is 88.2 Å². The molecule has 2 aromatic rings. The van der Waals surface area contributed by atoms with Gasteiger partial charge in [0.05, 0.1) is 6.54 Å². The van der Waals surface area contributed by atoms with Crippen molar-refractivity contribution in [3.8, 4) is 0 Å². The molecule has 7 nitrogen and oxygen atoms in total. The number of hydrogen-bond donors (Lipinski definition) is 1. The minimum atomic E-state index is -4.53. The van der Waals surface area contributed by atoms with Gasteiger partial charge >= 0.3 is 6.18 Å². The van der Waals surface area contributed by atoms with Crippen molar-refractivity contribution in [2.45, 2.75) is 31.5 Å². The molecule has 0 spiro atoms. The smallest absolute Gasteiger partial charge is 0.378 e. The molecule has 1 aliphatic rings. The van der Waals surface area contributed by atoms with Crippen LogP contribution in [-0.4, -0.2) is 38.5 Å². The molecule has 10 heteroatoms. The van der Waals surface area contributed by atoms with Gasteiger partial charge in [0.25, 0.3) is 5.89 Å². The number of hydrogen-bond acceptors (Lipinski definition) is 7. The Hall–Kier alpha value is -2.23. The Kier molecular flexibility index (Phi) is 3.71. The van der Waals surface area contributed by atoms with Crippen molar-refractivity contribution in [2.75, 3.05) is 18.0 Å². The van der Waals surface area contributed by atoms with Gasteiger partial charge in [-0.3, -0.25) is 0 Å². The van der Waals surface area contributed by atoms with Crippen LogP contribution in [0.1, 0.15) is 30.8 Å². The maximum absolute atomic E-state index is 12.5. The molecular formula is C13H14F3N5O2. The summed E-state index contributed by atoms with van der Waals surface area (Å²) in [6.45, 7) is 2.34. The van der Waals surface area contributed by atoms with E-state index in [0.29, 0.717) is 25.2 Å². The van der Waals surface area contributed by atoms with E-state index in [1.165, 1.54) is 6.07 Å². The van der Waals surface area contributed by atoms with E-state index in [0.717, 1.165) is 6.07 Å². The summed E-state index contributed by atoms with van der Waals surface area (Å²) in [5, 5.41) is 21.1. The van der Waals surface area contributed by atoms with Crippen molar-refractivity contribution in [1.82, 2.24) is 20.3 Å². The summed E-state index contributed by atoms with van der Waals surface area (Å²) in [4.78, 5) is 5.75. The summed E-state index contributed by atoms with van der Waals surface area (Å²) in [6.07, 6.45) is -3.65. The molecule has 1 saturated heterocycles. The molecule has 3 rings (SSSR count). The second-order valence-electron chi connectivity index (χ2n) is 5.35. The van der Waals surface area contributed by atoms with Gasteiger partial charge < -0.3 is 14.5 Å². The highest BCUT2D eigenvalue weighted by Crippen LogP contribution is 2.34. The van der Waals surface area contributed by atoms with E-state index in [2.05, 4.69) is 20.3 Å². The fourth-order valence-corrected chi connectivity index (χ4v) is 2.40. The van der Waals surface area contributed by atoms with E-state index in [4.69, 9.17) is 4.52 Å². The van der Waals surface area contributed by atoms with E-state index < -0.39 is 17.5 Å². The number of alkyl halides is 3. The van der Waals surface area contributed by atoms with Crippen molar-refractivity contribution >= 4 is 5.82 Å². The molecule has 1 unspecified atom stereocenters. The Morgan fingerprint density at radius 1 is 1.35 bits per heavy atom. The van der Waals surface area contributed by atoms with Gasteiger partial charge in [-0.1, -0.05) is 12.1 Å². The first-order valence-corrected chi connectivity index (χ1v) is 7.03. The molecule has 3 heterocycles. The first-order chi connectivity index (χ1) is 10.8. The SMILES string of the molecule is CCc1noc(C2(O)CCN(c3ccc(C(F)(F)F)nn3)C2)n1. The summed E-state index contributed by atoms with van der Waals surface area (Å²) in [5.74, 6) is 0.849. The Morgan fingerprint density at radius 3 is 2.70 bits per heavy atom. The van der Waals surface area contributed by atoms with E-state index in [1.54, 1.807) is 4.90 Å². The number of aromatic nitrogens is 4. The molecule has 0 amide bonds. The molecular weight excluding hydrogens is 315 g/mol. The predicted molar refractivity (Wildman–Crippen MR) is 71.4 cm³/mol. The van der Waals surface area contributed by atoms with Gasteiger partial charge in [0, 0.05) is 19.4 Å². The lowest BCUT2D eigenvalue weighted by Gasteiger charge is -2.20. The molecule has 124 valence electrons. The molecule has 0 bridgehead atoms. The number of β-amino-alcohol motifs (C(OH)–C–C–N with tert-alkyl or cyclic N) is 1. The van der Waals surface area contributed by atoms with Crippen molar-refractivity contribution < 1.29 is 22.8 Å². The standard InChI is InChI=1S/C13H14F3N5O2/c1-2-9-17-11(23-20-9)12(22)5-6-21(7-12)10-4-3-8(18-19-10)13(14,15)16/h3-4,22H,2,5-7H2,1H3. The zero-order valence-corrected chi connectivity index (χ0v) is 12.2. The van der Waals surface area contributed by atoms with E-state index >= 15 is 0 Å². The fourth-order valence-electron chi connectivity index (χ4n) is 2.40. The van der Waals surface area contributed by atoms with Crippen LogP contribution in [0.15, 0.2) is 16.7 Å². The van der Waals surface area contributed by atoms with E-state index in [-0.39, 0.29) is 18.3 Å². The van der Waals surface area contributed by atoms with Gasteiger partial charge in [-0.15, -0.1) is 10.2 Å². The Bertz CT molecular complexity index is 688. The Morgan fingerprint density at radius 2 is 2.13 bits per heavy atom. The lowest BCUT2D eigenvalue weighted by molar-refractivity contribution is -0.141. The Balaban J connectivity index is 1.76. The number of rotatable bonds is 3. The van der Waals surface area contributed by atoms with Crippen LogP contribution in [0.25, 0.3) is 0 Å². The predicted octanol–water partition coefficient (Wildman–Crippen LogP) is 1.54. The maximum atomic E-state index is 12.5. The van der Waals surface area contributed by atoms with Crippen LogP contribution in [0.5, 0.6) is 0 Å². The van der Waals surface area contributed by atoms with Crippen LogP contribution in [0.4, 0.5) is 19.0 Å². The summed E-state index contributed by atoms with van der Waals surface area (Å²) in [5.41, 5.74) is -2.40. The van der Waals surface area contributed by atoms with Crippen LogP contribution in [0.2, 0.25) is 0 Å². The molecule has 1 aliphatic heterocycles. The van der Waals surface area contributed by atoms with Crippen molar-refractivity contribution in [1.29, 1.82) is 0 Å². The number of aliphatic hydroxyl groups is 1. The monoisotopic (exact) mass is 329 g/mol. The zero-order valence-electron chi connectivity index (χ0n) is 12.2. The largest absolute Gasteiger partial charge is 0.435 e. The van der Waals surface area contributed by atoms with Gasteiger partial charge in [-0.25, -0.2) is 0 Å². The lowest BCUT2D eigenvalue weighted by atomic mass is 10.0. The minimum absolute atomic E-state index is 0.0956. The summed E-state index contributed by atoms with van der Waals surface area (Å²) in [7, 11) is 0. The summed E-state index contributed by atoms with van der Waals surface area (Å²) < 4.78 is 42.5. The first-order valence-electron chi connectivity index (χ1n) is 7.03. The number of aryl methyl sites for hydroxylation is 1. The zero-order chi connectivity index (χ0) is 16.7. The number of anilines is 1. The fraction of sp³-hybridized carbons (Fsp3) is 0.538.